The first-order chi connectivity index (χ1) is 8.69. The van der Waals surface area contributed by atoms with Gasteiger partial charge < -0.3 is 14.4 Å². The summed E-state index contributed by atoms with van der Waals surface area (Å²) in [6, 6.07) is 2.33. The molecule has 0 saturated carbocycles. The van der Waals surface area contributed by atoms with Gasteiger partial charge in [-0.3, -0.25) is 5.32 Å². The predicted octanol–water partition coefficient (Wildman–Crippen LogP) is 1.06. The third-order valence-corrected chi connectivity index (χ3v) is 2.55. The maximum absolute atomic E-state index is 12.7. The van der Waals surface area contributed by atoms with E-state index in [0.717, 1.165) is 6.20 Å². The molecule has 1 aliphatic rings. The molecule has 0 aromatic carbocycles. The lowest BCUT2D eigenvalue weighted by atomic mass is 10.4. The monoisotopic (exact) mass is 255 g/mol. The fraction of sp³-hybridized carbons (Fsp3) is 0.455. The molecular formula is C11H14FN3O3. The minimum Gasteiger partial charge on any atom is -0.354 e. The molecule has 7 heteroatoms. The zero-order valence-corrected chi connectivity index (χ0v) is 9.93. The Labute approximate surface area is 104 Å². The Morgan fingerprint density at radius 1 is 1.67 bits per heavy atom. The van der Waals surface area contributed by atoms with Gasteiger partial charge in [0, 0.05) is 13.7 Å². The number of rotatable bonds is 2. The van der Waals surface area contributed by atoms with Crippen molar-refractivity contribution < 1.29 is 18.7 Å². The first-order valence-electron chi connectivity index (χ1n) is 5.51. The number of anilines is 1. The van der Waals surface area contributed by atoms with E-state index < -0.39 is 12.1 Å². The van der Waals surface area contributed by atoms with Crippen molar-refractivity contribution in [2.24, 2.45) is 0 Å². The first kappa shape index (κ1) is 12.7. The number of pyridine rings is 1. The van der Waals surface area contributed by atoms with Gasteiger partial charge in [0.05, 0.1) is 19.3 Å². The van der Waals surface area contributed by atoms with Gasteiger partial charge in [-0.1, -0.05) is 0 Å². The highest BCUT2D eigenvalue weighted by atomic mass is 19.1. The molecule has 1 aromatic heterocycles. The summed E-state index contributed by atoms with van der Waals surface area (Å²) in [7, 11) is 1.52. The van der Waals surface area contributed by atoms with Gasteiger partial charge in [0.25, 0.3) is 0 Å². The molecule has 1 saturated heterocycles. The van der Waals surface area contributed by atoms with Gasteiger partial charge in [-0.25, -0.2) is 14.2 Å². The third-order valence-electron chi connectivity index (χ3n) is 2.55. The maximum atomic E-state index is 12.7. The van der Waals surface area contributed by atoms with Crippen molar-refractivity contribution in [3.63, 3.8) is 0 Å². The Morgan fingerprint density at radius 2 is 2.50 bits per heavy atom. The number of nitrogens with one attached hydrogen (secondary N) is 1. The Morgan fingerprint density at radius 3 is 3.17 bits per heavy atom. The van der Waals surface area contributed by atoms with Crippen LogP contribution in [0.5, 0.6) is 0 Å². The number of carbonyl (C=O) groups excluding carboxylic acids is 1. The number of aromatic nitrogens is 1. The van der Waals surface area contributed by atoms with Gasteiger partial charge >= 0.3 is 6.03 Å². The lowest BCUT2D eigenvalue weighted by molar-refractivity contribution is -0.155. The van der Waals surface area contributed by atoms with Crippen LogP contribution in [0.4, 0.5) is 15.0 Å². The van der Waals surface area contributed by atoms with Crippen molar-refractivity contribution in [3.05, 3.63) is 24.1 Å². The van der Waals surface area contributed by atoms with E-state index in [1.54, 1.807) is 4.90 Å². The van der Waals surface area contributed by atoms with Crippen molar-refractivity contribution >= 4 is 11.8 Å². The van der Waals surface area contributed by atoms with Crippen LogP contribution in [0, 0.1) is 5.82 Å². The molecule has 0 bridgehead atoms. The minimum absolute atomic E-state index is 0.306. The van der Waals surface area contributed by atoms with Gasteiger partial charge in [-0.15, -0.1) is 0 Å². The molecule has 2 amide bonds. The number of ether oxygens (including phenoxy) is 2. The van der Waals surface area contributed by atoms with E-state index in [1.165, 1.54) is 19.2 Å². The Balaban J connectivity index is 1.93. The fourth-order valence-corrected chi connectivity index (χ4v) is 1.58. The summed E-state index contributed by atoms with van der Waals surface area (Å²) in [4.78, 5) is 17.2. The second-order valence-electron chi connectivity index (χ2n) is 3.77. The largest absolute Gasteiger partial charge is 0.354 e. The van der Waals surface area contributed by atoms with E-state index in [-0.39, 0.29) is 6.03 Å². The van der Waals surface area contributed by atoms with Crippen LogP contribution in [0.3, 0.4) is 0 Å². The van der Waals surface area contributed by atoms with Gasteiger partial charge in [0.2, 0.25) is 0 Å². The number of nitrogens with zero attached hydrogens (tertiary/aromatic N) is 2. The summed E-state index contributed by atoms with van der Waals surface area (Å²) in [6.07, 6.45) is 0.637. The summed E-state index contributed by atoms with van der Waals surface area (Å²) in [5.74, 6) is -0.138. The summed E-state index contributed by atoms with van der Waals surface area (Å²) in [5.41, 5.74) is 0. The number of hydrogen-bond acceptors (Lipinski definition) is 4. The predicted molar refractivity (Wildman–Crippen MR) is 61.5 cm³/mol. The van der Waals surface area contributed by atoms with Crippen LogP contribution in [0.2, 0.25) is 0 Å². The number of morpholine rings is 1. The highest BCUT2D eigenvalue weighted by molar-refractivity contribution is 5.88. The molecule has 1 aliphatic heterocycles. The highest BCUT2D eigenvalue weighted by Gasteiger charge is 2.24. The second kappa shape index (κ2) is 5.74. The molecule has 6 nitrogen and oxygen atoms in total. The number of amides is 2. The molecule has 18 heavy (non-hydrogen) atoms. The topological polar surface area (TPSA) is 63.7 Å². The van der Waals surface area contributed by atoms with Crippen LogP contribution in [0.1, 0.15) is 0 Å². The minimum atomic E-state index is -0.446. The molecule has 1 aromatic rings. The van der Waals surface area contributed by atoms with Crippen LogP contribution in [-0.2, 0) is 9.47 Å². The fourth-order valence-electron chi connectivity index (χ4n) is 1.58. The Bertz CT molecular complexity index is 412. The number of urea groups is 1. The van der Waals surface area contributed by atoms with Crippen molar-refractivity contribution in [1.82, 2.24) is 9.88 Å². The molecule has 0 radical (unpaired) electrons. The van der Waals surface area contributed by atoms with Gasteiger partial charge in [0.15, 0.2) is 6.29 Å². The van der Waals surface area contributed by atoms with Crippen molar-refractivity contribution in [2.45, 2.75) is 6.29 Å². The van der Waals surface area contributed by atoms with Gasteiger partial charge in [0.1, 0.15) is 11.6 Å². The molecule has 0 spiro atoms. The lowest BCUT2D eigenvalue weighted by Crippen LogP contribution is -2.48. The summed E-state index contributed by atoms with van der Waals surface area (Å²) >= 11 is 0. The maximum Gasteiger partial charge on any atom is 0.323 e. The average Bonchev–Trinajstić information content (AvgIpc) is 2.41. The standard InChI is InChI=1S/C11H14FN3O3/c1-17-10-7-15(4-5-18-10)11(16)14-9-3-2-8(12)6-13-9/h2-3,6,10H,4-5,7H2,1H3,(H,13,14,16). The van der Waals surface area contributed by atoms with E-state index in [2.05, 4.69) is 10.3 Å². The summed E-state index contributed by atoms with van der Waals surface area (Å²) in [5, 5.41) is 2.58. The van der Waals surface area contributed by atoms with Gasteiger partial charge in [-0.2, -0.15) is 0 Å². The van der Waals surface area contributed by atoms with Crippen LogP contribution in [-0.4, -0.2) is 49.0 Å². The van der Waals surface area contributed by atoms with Crippen LogP contribution in [0.15, 0.2) is 18.3 Å². The molecule has 1 unspecified atom stereocenters. The molecular weight excluding hydrogens is 241 g/mol. The summed E-state index contributed by atoms with van der Waals surface area (Å²) in [6.45, 7) is 1.25. The molecule has 1 atom stereocenters. The van der Waals surface area contributed by atoms with Crippen LogP contribution >= 0.6 is 0 Å². The van der Waals surface area contributed by atoms with Crippen molar-refractivity contribution in [2.75, 3.05) is 32.1 Å². The smallest absolute Gasteiger partial charge is 0.323 e. The molecule has 1 fully saturated rings. The Kier molecular flexibility index (Phi) is 4.06. The van der Waals surface area contributed by atoms with Crippen LogP contribution < -0.4 is 5.32 Å². The van der Waals surface area contributed by atoms with Crippen LogP contribution in [0.25, 0.3) is 0 Å². The van der Waals surface area contributed by atoms with Crippen molar-refractivity contribution in [1.29, 1.82) is 0 Å². The average molecular weight is 255 g/mol. The number of halogens is 1. The quantitative estimate of drug-likeness (QED) is 0.858. The third kappa shape index (κ3) is 3.14. The Hall–Kier alpha value is -1.73. The number of hydrogen-bond donors (Lipinski definition) is 1. The first-order valence-corrected chi connectivity index (χ1v) is 5.51. The van der Waals surface area contributed by atoms with E-state index in [4.69, 9.17) is 9.47 Å². The molecule has 2 rings (SSSR count). The van der Waals surface area contributed by atoms with E-state index in [9.17, 15) is 9.18 Å². The molecule has 2 heterocycles. The van der Waals surface area contributed by atoms with Crippen molar-refractivity contribution in [3.8, 4) is 0 Å². The molecule has 0 aliphatic carbocycles. The van der Waals surface area contributed by atoms with E-state index in [1.807, 2.05) is 0 Å². The second-order valence-corrected chi connectivity index (χ2v) is 3.77. The molecule has 98 valence electrons. The number of methoxy groups -OCH3 is 1. The van der Waals surface area contributed by atoms with Gasteiger partial charge in [-0.05, 0) is 12.1 Å². The van der Waals surface area contributed by atoms with E-state index >= 15 is 0 Å². The normalized spacial score (nSPS) is 19.7. The highest BCUT2D eigenvalue weighted by Crippen LogP contribution is 2.09. The van der Waals surface area contributed by atoms with E-state index in [0.29, 0.717) is 25.5 Å². The lowest BCUT2D eigenvalue weighted by Gasteiger charge is -2.31. The summed E-state index contributed by atoms with van der Waals surface area (Å²) < 4.78 is 22.9. The SMILES string of the molecule is COC1CN(C(=O)Nc2ccc(F)cn2)CCO1. The number of carbonyl (C=O) groups is 1. The molecule has 1 N–H and O–H groups in total. The zero-order valence-electron chi connectivity index (χ0n) is 9.93. The zero-order chi connectivity index (χ0) is 13.0.